The Balaban J connectivity index is 0.000000541. The lowest BCUT2D eigenvalue weighted by Crippen LogP contribution is -2.22. The fourth-order valence-corrected chi connectivity index (χ4v) is 1.88. The Labute approximate surface area is 159 Å². The number of carboxylic acid groups (broad SMARTS) is 1. The fraction of sp³-hybridized carbons (Fsp3) is 0.632. The SMILES string of the molecule is CC(=O)O[C@@H](C)C#CC(=O)O.CC(=O)O[C@@H](C)C#CCOC1CCCCO1. The highest BCUT2D eigenvalue weighted by atomic mass is 16.7. The highest BCUT2D eigenvalue weighted by molar-refractivity contribution is 5.86. The number of ether oxygens (including phenoxy) is 4. The summed E-state index contributed by atoms with van der Waals surface area (Å²) in [7, 11) is 0. The van der Waals surface area contributed by atoms with Crippen molar-refractivity contribution in [2.75, 3.05) is 13.2 Å². The molecule has 1 aliphatic heterocycles. The molecule has 150 valence electrons. The topological polar surface area (TPSA) is 108 Å². The zero-order valence-electron chi connectivity index (χ0n) is 16.1. The summed E-state index contributed by atoms with van der Waals surface area (Å²) in [5.41, 5.74) is 0. The predicted octanol–water partition coefficient (Wildman–Crippen LogP) is 1.51. The second kappa shape index (κ2) is 14.6. The lowest BCUT2D eigenvalue weighted by Gasteiger charge is -2.21. The van der Waals surface area contributed by atoms with Gasteiger partial charge in [0.2, 0.25) is 0 Å². The number of hydrogen-bond donors (Lipinski definition) is 1. The number of aliphatic carboxylic acids is 1. The summed E-state index contributed by atoms with van der Waals surface area (Å²) in [6.45, 7) is 6.91. The van der Waals surface area contributed by atoms with E-state index in [-0.39, 0.29) is 18.4 Å². The summed E-state index contributed by atoms with van der Waals surface area (Å²) in [5, 5.41) is 8.08. The molecule has 0 spiro atoms. The monoisotopic (exact) mass is 382 g/mol. The van der Waals surface area contributed by atoms with Gasteiger partial charge in [-0.05, 0) is 39.0 Å². The van der Waals surface area contributed by atoms with Gasteiger partial charge in [-0.25, -0.2) is 4.79 Å². The van der Waals surface area contributed by atoms with Crippen LogP contribution < -0.4 is 0 Å². The maximum absolute atomic E-state index is 10.6. The second-order valence-corrected chi connectivity index (χ2v) is 5.51. The summed E-state index contributed by atoms with van der Waals surface area (Å²) in [6.07, 6.45) is 2.02. The van der Waals surface area contributed by atoms with Gasteiger partial charge in [-0.15, -0.1) is 0 Å². The molecule has 0 radical (unpaired) electrons. The van der Waals surface area contributed by atoms with Crippen molar-refractivity contribution in [2.24, 2.45) is 0 Å². The average Bonchev–Trinajstić information content (AvgIpc) is 2.57. The minimum absolute atomic E-state index is 0.118. The molecule has 27 heavy (non-hydrogen) atoms. The van der Waals surface area contributed by atoms with Gasteiger partial charge in [0.05, 0.1) is 0 Å². The van der Waals surface area contributed by atoms with Crippen molar-refractivity contribution in [1.82, 2.24) is 0 Å². The minimum atomic E-state index is -1.23. The van der Waals surface area contributed by atoms with Gasteiger partial charge in [-0.3, -0.25) is 9.59 Å². The van der Waals surface area contributed by atoms with Crippen molar-refractivity contribution in [3.8, 4) is 23.7 Å². The van der Waals surface area contributed by atoms with Crippen LogP contribution in [-0.2, 0) is 33.3 Å². The van der Waals surface area contributed by atoms with Crippen molar-refractivity contribution < 1.29 is 38.4 Å². The highest BCUT2D eigenvalue weighted by Gasteiger charge is 2.12. The van der Waals surface area contributed by atoms with Gasteiger partial charge in [-0.1, -0.05) is 11.8 Å². The summed E-state index contributed by atoms with van der Waals surface area (Å²) in [4.78, 5) is 30.7. The predicted molar refractivity (Wildman–Crippen MR) is 95.2 cm³/mol. The average molecular weight is 382 g/mol. The molecule has 1 N–H and O–H groups in total. The Morgan fingerprint density at radius 3 is 2.15 bits per heavy atom. The number of carbonyl (C=O) groups is 3. The van der Waals surface area contributed by atoms with E-state index in [2.05, 4.69) is 22.5 Å². The van der Waals surface area contributed by atoms with Gasteiger partial charge in [-0.2, -0.15) is 0 Å². The van der Waals surface area contributed by atoms with Crippen LogP contribution in [0.5, 0.6) is 0 Å². The number of esters is 2. The minimum Gasteiger partial charge on any atom is -0.472 e. The largest absolute Gasteiger partial charge is 0.472 e. The number of rotatable bonds is 4. The van der Waals surface area contributed by atoms with E-state index in [1.807, 2.05) is 5.92 Å². The summed E-state index contributed by atoms with van der Waals surface area (Å²) < 4.78 is 20.1. The van der Waals surface area contributed by atoms with E-state index in [1.54, 1.807) is 6.92 Å². The molecule has 8 heteroatoms. The molecule has 0 bridgehead atoms. The summed E-state index contributed by atoms with van der Waals surface area (Å²) in [5.74, 6) is 7.62. The standard InChI is InChI=1S/C12H18O4.C7H8O4/c1-10(16-11(2)13)6-5-9-15-12-7-3-4-8-14-12;1-5(11-6(2)8)3-4-7(9)10/h10,12H,3-4,7-9H2,1-2H3;5H,1-2H3,(H,9,10)/t10-,12?;5-/m00/s1. The molecule has 0 aromatic carbocycles. The summed E-state index contributed by atoms with van der Waals surface area (Å²) in [6, 6.07) is 0. The Hall–Kier alpha value is -2.55. The first-order valence-corrected chi connectivity index (χ1v) is 8.51. The quantitative estimate of drug-likeness (QED) is 0.576. The maximum Gasteiger partial charge on any atom is 0.382 e. The van der Waals surface area contributed by atoms with Crippen LogP contribution in [-0.4, -0.2) is 54.7 Å². The third kappa shape index (κ3) is 16.7. The number of carbonyl (C=O) groups excluding carboxylic acids is 2. The van der Waals surface area contributed by atoms with Crippen LogP contribution >= 0.6 is 0 Å². The van der Waals surface area contributed by atoms with Gasteiger partial charge in [0, 0.05) is 26.4 Å². The molecular weight excluding hydrogens is 356 g/mol. The van der Waals surface area contributed by atoms with Crippen LogP contribution in [0.15, 0.2) is 0 Å². The van der Waals surface area contributed by atoms with Gasteiger partial charge in [0.15, 0.2) is 18.5 Å². The van der Waals surface area contributed by atoms with E-state index in [0.29, 0.717) is 6.61 Å². The van der Waals surface area contributed by atoms with Crippen LogP contribution in [0, 0.1) is 23.7 Å². The van der Waals surface area contributed by atoms with E-state index in [4.69, 9.17) is 19.3 Å². The smallest absolute Gasteiger partial charge is 0.382 e. The fourth-order valence-electron chi connectivity index (χ4n) is 1.88. The number of hydrogen-bond acceptors (Lipinski definition) is 7. The molecular formula is C19H26O8. The first-order chi connectivity index (χ1) is 12.7. The van der Waals surface area contributed by atoms with E-state index in [0.717, 1.165) is 25.9 Å². The van der Waals surface area contributed by atoms with E-state index >= 15 is 0 Å². The van der Waals surface area contributed by atoms with E-state index in [1.165, 1.54) is 20.8 Å². The van der Waals surface area contributed by atoms with Crippen molar-refractivity contribution in [3.63, 3.8) is 0 Å². The molecule has 1 heterocycles. The van der Waals surface area contributed by atoms with Crippen molar-refractivity contribution in [3.05, 3.63) is 0 Å². The third-order valence-corrected chi connectivity index (χ3v) is 2.85. The molecule has 0 aromatic rings. The normalized spacial score (nSPS) is 17.3. The van der Waals surface area contributed by atoms with Gasteiger partial charge < -0.3 is 24.1 Å². The molecule has 1 saturated heterocycles. The molecule has 1 rings (SSSR count). The lowest BCUT2D eigenvalue weighted by molar-refractivity contribution is -0.154. The van der Waals surface area contributed by atoms with Crippen LogP contribution in [0.3, 0.4) is 0 Å². The van der Waals surface area contributed by atoms with Crippen LogP contribution in [0.2, 0.25) is 0 Å². The first-order valence-electron chi connectivity index (χ1n) is 8.51. The molecule has 3 atom stereocenters. The Kier molecular flexibility index (Phi) is 13.2. The summed E-state index contributed by atoms with van der Waals surface area (Å²) >= 11 is 0. The molecule has 8 nitrogen and oxygen atoms in total. The lowest BCUT2D eigenvalue weighted by atomic mass is 10.2. The van der Waals surface area contributed by atoms with Crippen molar-refractivity contribution in [2.45, 2.75) is 65.5 Å². The Morgan fingerprint density at radius 1 is 1.07 bits per heavy atom. The van der Waals surface area contributed by atoms with Crippen LogP contribution in [0.1, 0.15) is 47.0 Å². The highest BCUT2D eigenvalue weighted by Crippen LogP contribution is 2.12. The van der Waals surface area contributed by atoms with Crippen molar-refractivity contribution >= 4 is 17.9 Å². The van der Waals surface area contributed by atoms with E-state index < -0.39 is 18.0 Å². The van der Waals surface area contributed by atoms with Gasteiger partial charge in [0.25, 0.3) is 0 Å². The van der Waals surface area contributed by atoms with E-state index in [9.17, 15) is 14.4 Å². The Morgan fingerprint density at radius 2 is 1.67 bits per heavy atom. The molecule has 0 aromatic heterocycles. The molecule has 0 amide bonds. The van der Waals surface area contributed by atoms with Gasteiger partial charge >= 0.3 is 17.9 Å². The third-order valence-electron chi connectivity index (χ3n) is 2.85. The molecule has 1 unspecified atom stereocenters. The van der Waals surface area contributed by atoms with Crippen LogP contribution in [0.25, 0.3) is 0 Å². The molecule has 1 aliphatic rings. The zero-order valence-corrected chi connectivity index (χ0v) is 16.1. The maximum atomic E-state index is 10.6. The zero-order chi connectivity index (χ0) is 20.7. The van der Waals surface area contributed by atoms with Crippen LogP contribution in [0.4, 0.5) is 0 Å². The molecule has 0 saturated carbocycles. The Bertz CT molecular complexity index is 599. The second-order valence-electron chi connectivity index (χ2n) is 5.51. The molecule has 0 aliphatic carbocycles. The molecule has 1 fully saturated rings. The van der Waals surface area contributed by atoms with Gasteiger partial charge in [0.1, 0.15) is 6.61 Å². The number of carboxylic acids is 1. The van der Waals surface area contributed by atoms with Crippen molar-refractivity contribution in [1.29, 1.82) is 0 Å². The first kappa shape index (κ1) is 24.5.